The molecule has 3 nitrogen and oxygen atoms in total. The number of hydrogen-bond donors (Lipinski definition) is 3. The van der Waals surface area contributed by atoms with Crippen molar-refractivity contribution in [3.8, 4) is 0 Å². The summed E-state index contributed by atoms with van der Waals surface area (Å²) in [6, 6.07) is 5.11. The van der Waals surface area contributed by atoms with Crippen LogP contribution in [0.4, 0.5) is 0 Å². The number of nitrogens with one attached hydrogen (secondary N) is 3. The van der Waals surface area contributed by atoms with Crippen LogP contribution in [0.5, 0.6) is 0 Å². The Bertz CT molecular complexity index is 1480. The third-order valence-electron chi connectivity index (χ3n) is 16.5. The van der Waals surface area contributed by atoms with Gasteiger partial charge in [-0.3, -0.25) is 16.0 Å². The van der Waals surface area contributed by atoms with E-state index in [0.717, 1.165) is 53.8 Å². The molecule has 276 valence electrons. The normalized spacial score (nSPS) is 41.5. The first kappa shape index (κ1) is 34.2. The van der Waals surface area contributed by atoms with Crippen molar-refractivity contribution in [3.63, 3.8) is 0 Å². The molecule has 10 rings (SSSR count). The van der Waals surface area contributed by atoms with Crippen LogP contribution in [0.3, 0.4) is 0 Å². The Labute approximate surface area is 314 Å². The van der Waals surface area contributed by atoms with Gasteiger partial charge in [-0.2, -0.15) is 0 Å². The van der Waals surface area contributed by atoms with Gasteiger partial charge < -0.3 is 0 Å². The highest BCUT2D eigenvalue weighted by atomic mass is 32.2. The monoisotopic (exact) mass is 706 g/mol. The molecule has 0 radical (unpaired) electrons. The fourth-order valence-corrected chi connectivity index (χ4v) is 15.2. The minimum atomic E-state index is 0.238. The topological polar surface area (TPSA) is 36.1 Å². The van der Waals surface area contributed by atoms with E-state index in [1.165, 1.54) is 132 Å². The number of rotatable bonds is 5. The maximum Gasteiger partial charge on any atom is 0.0867 e. The van der Waals surface area contributed by atoms with Crippen molar-refractivity contribution in [2.24, 2.45) is 47.3 Å². The van der Waals surface area contributed by atoms with E-state index >= 15 is 0 Å². The molecule has 1 aromatic rings. The second kappa shape index (κ2) is 15.1. The largest absolute Gasteiger partial charge is 0.286 e. The molecule has 7 atom stereocenters. The lowest BCUT2D eigenvalue weighted by Gasteiger charge is -2.50. The first-order chi connectivity index (χ1) is 25.2. The first-order valence-corrected chi connectivity index (χ1v) is 23.3. The van der Waals surface area contributed by atoms with Gasteiger partial charge in [0.2, 0.25) is 0 Å². The van der Waals surface area contributed by atoms with Crippen LogP contribution in [0.15, 0.2) is 45.7 Å². The number of aryl methyl sites for hydroxylation is 1. The van der Waals surface area contributed by atoms with Crippen LogP contribution in [0.2, 0.25) is 0 Å². The summed E-state index contributed by atoms with van der Waals surface area (Å²) in [6.07, 6.45) is 44.1. The maximum absolute atomic E-state index is 4.33. The molecular formula is C47H67N3S. The number of fused-ring (bicyclic) bond motifs is 5. The third kappa shape index (κ3) is 6.82. The average molecular weight is 706 g/mol. The summed E-state index contributed by atoms with van der Waals surface area (Å²) >= 11 is 2.10. The molecule has 0 amide bonds. The second-order valence-corrected chi connectivity index (χ2v) is 20.2. The van der Waals surface area contributed by atoms with Gasteiger partial charge in [0.05, 0.1) is 18.5 Å². The van der Waals surface area contributed by atoms with Gasteiger partial charge in [0.1, 0.15) is 0 Å². The van der Waals surface area contributed by atoms with Gasteiger partial charge in [0.25, 0.3) is 0 Å². The van der Waals surface area contributed by atoms with E-state index in [2.05, 4.69) is 64.1 Å². The SMILES string of the molecule is C1=Cc2cc3c(cc2CC1)C1CC=CC(C2NC(C4CCC(C5CCCCC5)CC4)NC(C4CCC(C5CCCC6CCCCC65)CC4)N2)=C1S3. The smallest absolute Gasteiger partial charge is 0.0867 e. The molecule has 6 fully saturated rings. The van der Waals surface area contributed by atoms with Crippen molar-refractivity contribution in [1.29, 1.82) is 0 Å². The summed E-state index contributed by atoms with van der Waals surface area (Å²) < 4.78 is 0. The van der Waals surface area contributed by atoms with E-state index in [-0.39, 0.29) is 6.17 Å². The molecule has 0 aromatic heterocycles. The van der Waals surface area contributed by atoms with Crippen LogP contribution in [-0.2, 0) is 6.42 Å². The molecule has 2 aliphatic heterocycles. The van der Waals surface area contributed by atoms with Gasteiger partial charge in [-0.05, 0) is 159 Å². The lowest BCUT2D eigenvalue weighted by atomic mass is 9.59. The maximum atomic E-state index is 4.33. The molecule has 7 aliphatic carbocycles. The van der Waals surface area contributed by atoms with E-state index in [0.29, 0.717) is 18.2 Å². The Balaban J connectivity index is 0.878. The van der Waals surface area contributed by atoms with Crippen molar-refractivity contribution >= 4 is 17.8 Å². The number of thioether (sulfide) groups is 1. The summed E-state index contributed by atoms with van der Waals surface area (Å²) in [4.78, 5) is 3.15. The van der Waals surface area contributed by atoms with Crippen molar-refractivity contribution in [2.45, 2.75) is 177 Å². The molecule has 1 saturated heterocycles. The van der Waals surface area contributed by atoms with E-state index in [4.69, 9.17) is 0 Å². The summed E-state index contributed by atoms with van der Waals surface area (Å²) in [5.41, 5.74) is 6.19. The summed E-state index contributed by atoms with van der Waals surface area (Å²) in [5.74, 6) is 8.23. The fraction of sp³-hybridized carbons (Fsp3) is 0.745. The predicted octanol–water partition coefficient (Wildman–Crippen LogP) is 11.6. The van der Waals surface area contributed by atoms with Crippen molar-refractivity contribution in [3.05, 3.63) is 57.5 Å². The van der Waals surface area contributed by atoms with Crippen LogP contribution in [0.1, 0.15) is 164 Å². The Hall–Kier alpha value is -1.33. The molecule has 0 bridgehead atoms. The molecule has 5 saturated carbocycles. The van der Waals surface area contributed by atoms with E-state index in [1.54, 1.807) is 40.9 Å². The molecular weight excluding hydrogens is 639 g/mol. The third-order valence-corrected chi connectivity index (χ3v) is 17.8. The highest BCUT2D eigenvalue weighted by Gasteiger charge is 2.44. The lowest BCUT2D eigenvalue weighted by Crippen LogP contribution is -2.71. The average Bonchev–Trinajstić information content (AvgIpc) is 3.57. The molecule has 1 aromatic carbocycles. The van der Waals surface area contributed by atoms with E-state index < -0.39 is 0 Å². The molecule has 3 N–H and O–H groups in total. The summed E-state index contributed by atoms with van der Waals surface area (Å²) in [5, 5.41) is 12.9. The Morgan fingerprint density at radius 3 is 1.92 bits per heavy atom. The van der Waals surface area contributed by atoms with Gasteiger partial charge in [-0.15, -0.1) is 0 Å². The van der Waals surface area contributed by atoms with Crippen molar-refractivity contribution in [2.75, 3.05) is 0 Å². The molecule has 0 spiro atoms. The van der Waals surface area contributed by atoms with Crippen LogP contribution in [0, 0.1) is 47.3 Å². The standard InChI is InChI=1S/C47H67N3S/c1-2-10-30(11-3-1)31-20-24-34(25-21-31)45-48-46(35-26-22-33(23-27-35)39-17-8-15-32-12-6-7-16-38(32)39)50-47(49-45)41-19-9-18-40-42-28-36-13-4-5-14-37(36)29-43(42)51-44(40)41/h5,9,14,19,28-35,38-40,45-50H,1-4,6-8,10-13,15-18,20-27H2. The second-order valence-electron chi connectivity index (χ2n) is 19.1. The van der Waals surface area contributed by atoms with Gasteiger partial charge in [0.15, 0.2) is 0 Å². The van der Waals surface area contributed by atoms with Crippen molar-refractivity contribution in [1.82, 2.24) is 16.0 Å². The Morgan fingerprint density at radius 1 is 0.529 bits per heavy atom. The highest BCUT2D eigenvalue weighted by molar-refractivity contribution is 8.03. The van der Waals surface area contributed by atoms with Crippen LogP contribution in [-0.4, -0.2) is 18.5 Å². The van der Waals surface area contributed by atoms with Gasteiger partial charge in [-0.1, -0.05) is 106 Å². The fourth-order valence-electron chi connectivity index (χ4n) is 13.8. The lowest BCUT2D eigenvalue weighted by molar-refractivity contribution is 0.0297. The van der Waals surface area contributed by atoms with Gasteiger partial charge in [0, 0.05) is 15.7 Å². The van der Waals surface area contributed by atoms with E-state index in [9.17, 15) is 0 Å². The molecule has 4 heteroatoms. The minimum absolute atomic E-state index is 0.238. The number of hydrogen-bond acceptors (Lipinski definition) is 4. The molecule has 9 aliphatic rings. The summed E-state index contributed by atoms with van der Waals surface area (Å²) in [6.45, 7) is 0. The van der Waals surface area contributed by atoms with Gasteiger partial charge >= 0.3 is 0 Å². The minimum Gasteiger partial charge on any atom is -0.286 e. The molecule has 7 unspecified atom stereocenters. The Morgan fingerprint density at radius 2 is 1.14 bits per heavy atom. The predicted molar refractivity (Wildman–Crippen MR) is 214 cm³/mol. The van der Waals surface area contributed by atoms with Gasteiger partial charge in [-0.25, -0.2) is 0 Å². The van der Waals surface area contributed by atoms with Crippen molar-refractivity contribution < 1.29 is 0 Å². The zero-order valence-corrected chi connectivity index (χ0v) is 32.4. The van der Waals surface area contributed by atoms with Crippen LogP contribution < -0.4 is 16.0 Å². The Kier molecular flexibility index (Phi) is 10.1. The quantitative estimate of drug-likeness (QED) is 0.285. The molecule has 51 heavy (non-hydrogen) atoms. The number of benzene rings is 1. The number of allylic oxidation sites excluding steroid dienone is 3. The highest BCUT2D eigenvalue weighted by Crippen LogP contribution is 2.55. The zero-order valence-electron chi connectivity index (χ0n) is 31.6. The van der Waals surface area contributed by atoms with Crippen LogP contribution >= 0.6 is 11.8 Å². The zero-order chi connectivity index (χ0) is 33.7. The first-order valence-electron chi connectivity index (χ1n) is 22.4. The summed E-state index contributed by atoms with van der Waals surface area (Å²) in [7, 11) is 0. The molecule has 2 heterocycles. The van der Waals surface area contributed by atoms with E-state index in [1.807, 2.05) is 0 Å². The van der Waals surface area contributed by atoms with Crippen LogP contribution in [0.25, 0.3) is 6.08 Å².